The first kappa shape index (κ1) is 11.1. The molecule has 0 aliphatic rings. The van der Waals surface area contributed by atoms with Crippen LogP contribution in [0.1, 0.15) is 34.8 Å². The van der Waals surface area contributed by atoms with Gasteiger partial charge in [-0.25, -0.2) is 8.78 Å². The average Bonchev–Trinajstić information content (AvgIpc) is 2.16. The maximum atomic E-state index is 12.4. The number of ketones is 1. The third kappa shape index (κ3) is 2.10. The van der Waals surface area contributed by atoms with Gasteiger partial charge in [-0.3, -0.25) is 4.79 Å². The maximum absolute atomic E-state index is 12.4. The summed E-state index contributed by atoms with van der Waals surface area (Å²) < 4.78 is 24.9. The van der Waals surface area contributed by atoms with Gasteiger partial charge in [0.15, 0.2) is 5.78 Å². The number of nitriles is 1. The minimum Gasteiger partial charge on any atom is -0.398 e. The number of nitrogens with zero attached hydrogens (tertiary/aromatic N) is 1. The van der Waals surface area contributed by atoms with Crippen LogP contribution >= 0.6 is 0 Å². The number of alkyl halides is 2. The second-order valence-corrected chi connectivity index (χ2v) is 3.00. The predicted octanol–water partition coefficient (Wildman–Crippen LogP) is 2.28. The smallest absolute Gasteiger partial charge is 0.265 e. The number of carbonyl (C=O) groups is 1. The SMILES string of the molecule is CC(=O)c1cc(C(F)F)c(N)cc1C#N. The summed E-state index contributed by atoms with van der Waals surface area (Å²) in [6.07, 6.45) is -2.75. The van der Waals surface area contributed by atoms with E-state index >= 15 is 0 Å². The number of nitrogens with two attached hydrogens (primary N) is 1. The molecule has 0 saturated carbocycles. The van der Waals surface area contributed by atoms with E-state index in [9.17, 15) is 13.6 Å². The Bertz CT molecular complexity index is 449. The summed E-state index contributed by atoms with van der Waals surface area (Å²) in [5.41, 5.74) is 4.72. The van der Waals surface area contributed by atoms with Crippen molar-refractivity contribution in [3.8, 4) is 6.07 Å². The van der Waals surface area contributed by atoms with Crippen LogP contribution in [0, 0.1) is 11.3 Å². The van der Waals surface area contributed by atoms with Crippen molar-refractivity contribution in [2.75, 3.05) is 5.73 Å². The number of hydrogen-bond donors (Lipinski definition) is 1. The predicted molar refractivity (Wildman–Crippen MR) is 50.5 cm³/mol. The van der Waals surface area contributed by atoms with E-state index in [1.54, 1.807) is 6.07 Å². The second kappa shape index (κ2) is 4.05. The summed E-state index contributed by atoms with van der Waals surface area (Å²) in [5.74, 6) is -0.437. The Morgan fingerprint density at radius 1 is 1.53 bits per heavy atom. The number of carbonyl (C=O) groups excluding carboxylic acids is 1. The number of halogens is 2. The fourth-order valence-electron chi connectivity index (χ4n) is 1.21. The van der Waals surface area contributed by atoms with Crippen LogP contribution < -0.4 is 5.73 Å². The molecule has 0 bridgehead atoms. The summed E-state index contributed by atoms with van der Waals surface area (Å²) >= 11 is 0. The zero-order valence-corrected chi connectivity index (χ0v) is 7.92. The van der Waals surface area contributed by atoms with Gasteiger partial charge in [0.25, 0.3) is 6.43 Å². The van der Waals surface area contributed by atoms with Gasteiger partial charge in [-0.2, -0.15) is 5.26 Å². The molecule has 0 amide bonds. The van der Waals surface area contributed by atoms with Gasteiger partial charge in [-0.1, -0.05) is 0 Å². The molecule has 0 aliphatic carbocycles. The second-order valence-electron chi connectivity index (χ2n) is 3.00. The van der Waals surface area contributed by atoms with Crippen LogP contribution in [0.15, 0.2) is 12.1 Å². The molecule has 0 unspecified atom stereocenters. The molecular weight excluding hydrogens is 202 g/mol. The van der Waals surface area contributed by atoms with Gasteiger partial charge in [-0.05, 0) is 19.1 Å². The first-order chi connectivity index (χ1) is 6.97. The Hall–Kier alpha value is -1.96. The third-order valence-electron chi connectivity index (χ3n) is 1.96. The van der Waals surface area contributed by atoms with Crippen molar-refractivity contribution >= 4 is 11.5 Å². The summed E-state index contributed by atoms with van der Waals surface area (Å²) in [6, 6.07) is 3.81. The lowest BCUT2D eigenvalue weighted by molar-refractivity contribution is 0.101. The molecule has 0 aromatic heterocycles. The van der Waals surface area contributed by atoms with Crippen LogP contribution in [0.25, 0.3) is 0 Å². The first-order valence-electron chi connectivity index (χ1n) is 4.10. The molecule has 0 saturated heterocycles. The van der Waals surface area contributed by atoms with Crippen molar-refractivity contribution < 1.29 is 13.6 Å². The lowest BCUT2D eigenvalue weighted by Gasteiger charge is -2.07. The summed E-state index contributed by atoms with van der Waals surface area (Å²) in [5, 5.41) is 8.68. The number of hydrogen-bond acceptors (Lipinski definition) is 3. The van der Waals surface area contributed by atoms with Crippen LogP contribution in [0.3, 0.4) is 0 Å². The van der Waals surface area contributed by atoms with Crippen LogP contribution in [0.4, 0.5) is 14.5 Å². The molecule has 3 nitrogen and oxygen atoms in total. The maximum Gasteiger partial charge on any atom is 0.265 e. The van der Waals surface area contributed by atoms with E-state index in [2.05, 4.69) is 0 Å². The van der Waals surface area contributed by atoms with Gasteiger partial charge < -0.3 is 5.73 Å². The lowest BCUT2D eigenvalue weighted by atomic mass is 10.0. The van der Waals surface area contributed by atoms with Crippen molar-refractivity contribution in [1.29, 1.82) is 5.26 Å². The number of anilines is 1. The topological polar surface area (TPSA) is 66.9 Å². The van der Waals surface area contributed by atoms with E-state index in [1.165, 1.54) is 6.92 Å². The van der Waals surface area contributed by atoms with Crippen LogP contribution in [-0.2, 0) is 0 Å². The molecule has 15 heavy (non-hydrogen) atoms. The number of nitrogen functional groups attached to an aromatic ring is 1. The van der Waals surface area contributed by atoms with E-state index in [-0.39, 0.29) is 16.8 Å². The zero-order valence-electron chi connectivity index (χ0n) is 7.92. The largest absolute Gasteiger partial charge is 0.398 e. The van der Waals surface area contributed by atoms with E-state index < -0.39 is 17.8 Å². The minimum atomic E-state index is -2.75. The van der Waals surface area contributed by atoms with E-state index in [1.807, 2.05) is 0 Å². The van der Waals surface area contributed by atoms with Gasteiger partial charge in [0.2, 0.25) is 0 Å². The molecule has 0 radical (unpaired) electrons. The van der Waals surface area contributed by atoms with Crippen molar-refractivity contribution in [3.63, 3.8) is 0 Å². The standard InChI is InChI=1S/C10H8F2N2O/c1-5(15)7-3-8(10(11)12)9(14)2-6(7)4-13/h2-3,10H,14H2,1H3. The van der Waals surface area contributed by atoms with E-state index in [0.717, 1.165) is 12.1 Å². The Kier molecular flexibility index (Phi) is 3.00. The van der Waals surface area contributed by atoms with Crippen molar-refractivity contribution in [3.05, 3.63) is 28.8 Å². The van der Waals surface area contributed by atoms with Crippen molar-refractivity contribution in [2.45, 2.75) is 13.3 Å². The molecule has 2 N–H and O–H groups in total. The van der Waals surface area contributed by atoms with Gasteiger partial charge in [0.05, 0.1) is 11.6 Å². The quantitative estimate of drug-likeness (QED) is 0.601. The van der Waals surface area contributed by atoms with Gasteiger partial charge in [0, 0.05) is 16.8 Å². The highest BCUT2D eigenvalue weighted by Gasteiger charge is 2.16. The highest BCUT2D eigenvalue weighted by Crippen LogP contribution is 2.28. The molecular formula is C10H8F2N2O. The van der Waals surface area contributed by atoms with Gasteiger partial charge >= 0.3 is 0 Å². The number of benzene rings is 1. The Labute approximate surface area is 85.1 Å². The van der Waals surface area contributed by atoms with Crippen molar-refractivity contribution in [1.82, 2.24) is 0 Å². The minimum absolute atomic E-state index is 0.0180. The molecule has 0 heterocycles. The highest BCUT2D eigenvalue weighted by molar-refractivity contribution is 5.97. The van der Waals surface area contributed by atoms with E-state index in [0.29, 0.717) is 0 Å². The molecule has 5 heteroatoms. The van der Waals surface area contributed by atoms with Crippen LogP contribution in [0.5, 0.6) is 0 Å². The third-order valence-corrected chi connectivity index (χ3v) is 1.96. The summed E-state index contributed by atoms with van der Waals surface area (Å²) in [4.78, 5) is 11.1. The molecule has 0 fully saturated rings. The summed E-state index contributed by atoms with van der Waals surface area (Å²) in [6.45, 7) is 1.21. The van der Waals surface area contributed by atoms with Crippen LogP contribution in [0.2, 0.25) is 0 Å². The number of rotatable bonds is 2. The molecule has 1 aromatic rings. The average molecular weight is 210 g/mol. The van der Waals surface area contributed by atoms with E-state index in [4.69, 9.17) is 11.0 Å². The van der Waals surface area contributed by atoms with Gasteiger partial charge in [-0.15, -0.1) is 0 Å². The molecule has 78 valence electrons. The molecule has 1 rings (SSSR count). The Balaban J connectivity index is 3.45. The molecule has 0 spiro atoms. The van der Waals surface area contributed by atoms with Crippen molar-refractivity contribution in [2.24, 2.45) is 0 Å². The fraction of sp³-hybridized carbons (Fsp3) is 0.200. The van der Waals surface area contributed by atoms with Crippen LogP contribution in [-0.4, -0.2) is 5.78 Å². The zero-order chi connectivity index (χ0) is 11.6. The fourth-order valence-corrected chi connectivity index (χ4v) is 1.21. The summed E-state index contributed by atoms with van der Waals surface area (Å²) in [7, 11) is 0. The number of Topliss-reactive ketones (excluding diaryl/α,β-unsaturated/α-hetero) is 1. The normalized spacial score (nSPS) is 10.1. The highest BCUT2D eigenvalue weighted by atomic mass is 19.3. The molecule has 1 aromatic carbocycles. The Morgan fingerprint density at radius 2 is 2.13 bits per heavy atom. The monoisotopic (exact) mass is 210 g/mol. The first-order valence-corrected chi connectivity index (χ1v) is 4.10. The molecule has 0 aliphatic heterocycles. The van der Waals surface area contributed by atoms with Gasteiger partial charge in [0.1, 0.15) is 0 Å². The lowest BCUT2D eigenvalue weighted by Crippen LogP contribution is -2.03. The molecule has 0 atom stereocenters. The Morgan fingerprint density at radius 3 is 2.53 bits per heavy atom.